The standard InChI is InChI=1S/C17H19N3O3/c1-2-14(21)19-13-6-3-5-12(11-13)15(22)20-10-9-18-16(23)17(20)7-4-8-17/h2-3,5-6,11H,1,4,7-10H2,(H,18,23)(H,19,21). The third kappa shape index (κ3) is 2.60. The van der Waals surface area contributed by atoms with Crippen LogP contribution in [-0.2, 0) is 9.59 Å². The SMILES string of the molecule is C=CC(=O)Nc1cccc(C(=O)N2CCNC(=O)C23CCC3)c1. The van der Waals surface area contributed by atoms with E-state index in [0.29, 0.717) is 37.2 Å². The third-order valence-corrected chi connectivity index (χ3v) is 4.55. The lowest BCUT2D eigenvalue weighted by Gasteiger charge is -2.51. The fraction of sp³-hybridized carbons (Fsp3) is 0.353. The lowest BCUT2D eigenvalue weighted by molar-refractivity contribution is -0.141. The first-order valence-electron chi connectivity index (χ1n) is 7.70. The average molecular weight is 313 g/mol. The van der Waals surface area contributed by atoms with Crippen molar-refractivity contribution in [2.75, 3.05) is 18.4 Å². The van der Waals surface area contributed by atoms with Gasteiger partial charge >= 0.3 is 0 Å². The van der Waals surface area contributed by atoms with E-state index < -0.39 is 5.54 Å². The second-order valence-corrected chi connectivity index (χ2v) is 5.87. The van der Waals surface area contributed by atoms with Crippen LogP contribution in [0.1, 0.15) is 29.6 Å². The van der Waals surface area contributed by atoms with Gasteiger partial charge in [0.25, 0.3) is 5.91 Å². The number of rotatable bonds is 3. The van der Waals surface area contributed by atoms with Crippen molar-refractivity contribution >= 4 is 23.4 Å². The molecule has 0 bridgehead atoms. The monoisotopic (exact) mass is 313 g/mol. The Kier molecular flexibility index (Phi) is 3.90. The van der Waals surface area contributed by atoms with E-state index in [1.54, 1.807) is 29.2 Å². The molecule has 1 saturated heterocycles. The minimum absolute atomic E-state index is 0.0561. The summed E-state index contributed by atoms with van der Waals surface area (Å²) in [6.45, 7) is 4.38. The van der Waals surface area contributed by atoms with Crippen molar-refractivity contribution in [1.82, 2.24) is 10.2 Å². The molecule has 0 atom stereocenters. The lowest BCUT2D eigenvalue weighted by Crippen LogP contribution is -2.69. The third-order valence-electron chi connectivity index (χ3n) is 4.55. The van der Waals surface area contributed by atoms with Gasteiger partial charge in [-0.1, -0.05) is 12.6 Å². The van der Waals surface area contributed by atoms with Crippen molar-refractivity contribution in [1.29, 1.82) is 0 Å². The highest BCUT2D eigenvalue weighted by Gasteiger charge is 2.52. The van der Waals surface area contributed by atoms with Crippen molar-refractivity contribution in [2.45, 2.75) is 24.8 Å². The van der Waals surface area contributed by atoms with Crippen LogP contribution in [0.2, 0.25) is 0 Å². The first kappa shape index (κ1) is 15.3. The van der Waals surface area contributed by atoms with Gasteiger partial charge < -0.3 is 15.5 Å². The molecule has 3 amide bonds. The number of hydrogen-bond acceptors (Lipinski definition) is 3. The summed E-state index contributed by atoms with van der Waals surface area (Å²) in [4.78, 5) is 38.2. The number of hydrogen-bond donors (Lipinski definition) is 2. The molecule has 2 fully saturated rings. The van der Waals surface area contributed by atoms with Crippen LogP contribution in [0.25, 0.3) is 0 Å². The highest BCUT2D eigenvalue weighted by Crippen LogP contribution is 2.40. The molecule has 23 heavy (non-hydrogen) atoms. The van der Waals surface area contributed by atoms with Crippen molar-refractivity contribution in [2.24, 2.45) is 0 Å². The molecule has 120 valence electrons. The maximum atomic E-state index is 12.9. The fourth-order valence-corrected chi connectivity index (χ4v) is 3.17. The summed E-state index contributed by atoms with van der Waals surface area (Å²) >= 11 is 0. The summed E-state index contributed by atoms with van der Waals surface area (Å²) in [5.41, 5.74) is 0.313. The lowest BCUT2D eigenvalue weighted by atomic mass is 9.73. The highest BCUT2D eigenvalue weighted by molar-refractivity contribution is 6.03. The van der Waals surface area contributed by atoms with E-state index in [1.807, 2.05) is 0 Å². The Bertz CT molecular complexity index is 679. The number of carbonyl (C=O) groups excluding carboxylic acids is 3. The van der Waals surface area contributed by atoms with Gasteiger partial charge in [0.05, 0.1) is 0 Å². The smallest absolute Gasteiger partial charge is 0.254 e. The molecule has 1 aliphatic carbocycles. The van der Waals surface area contributed by atoms with Crippen LogP contribution in [0.4, 0.5) is 5.69 Å². The van der Waals surface area contributed by atoms with Crippen LogP contribution in [0.3, 0.4) is 0 Å². The van der Waals surface area contributed by atoms with E-state index in [2.05, 4.69) is 17.2 Å². The van der Waals surface area contributed by atoms with E-state index in [1.165, 1.54) is 6.08 Å². The molecule has 1 heterocycles. The molecule has 0 aromatic heterocycles. The molecule has 1 aromatic rings. The van der Waals surface area contributed by atoms with Gasteiger partial charge in [0.15, 0.2) is 0 Å². The van der Waals surface area contributed by atoms with Crippen LogP contribution in [0, 0.1) is 0 Å². The minimum atomic E-state index is -0.685. The summed E-state index contributed by atoms with van der Waals surface area (Å²) in [6.07, 6.45) is 3.54. The van der Waals surface area contributed by atoms with Crippen LogP contribution in [0.5, 0.6) is 0 Å². The summed E-state index contributed by atoms with van der Waals surface area (Å²) in [5, 5.41) is 5.50. The summed E-state index contributed by atoms with van der Waals surface area (Å²) < 4.78 is 0. The highest BCUT2D eigenvalue weighted by atomic mass is 16.2. The normalized spacial score (nSPS) is 18.8. The van der Waals surface area contributed by atoms with Gasteiger partial charge in [0.2, 0.25) is 11.8 Å². The first-order chi connectivity index (χ1) is 11.1. The molecule has 1 aromatic carbocycles. The molecule has 2 aliphatic rings. The van der Waals surface area contributed by atoms with Crippen molar-refractivity contribution < 1.29 is 14.4 Å². The van der Waals surface area contributed by atoms with Crippen molar-refractivity contribution in [3.05, 3.63) is 42.5 Å². The van der Waals surface area contributed by atoms with Gasteiger partial charge in [-0.2, -0.15) is 0 Å². The molecule has 1 saturated carbocycles. The largest absolute Gasteiger partial charge is 0.352 e. The van der Waals surface area contributed by atoms with E-state index in [4.69, 9.17) is 0 Å². The number of piperazine rings is 1. The van der Waals surface area contributed by atoms with Crippen molar-refractivity contribution in [3.8, 4) is 0 Å². The van der Waals surface area contributed by atoms with Crippen LogP contribution < -0.4 is 10.6 Å². The molecule has 2 N–H and O–H groups in total. The van der Waals surface area contributed by atoms with E-state index in [-0.39, 0.29) is 17.7 Å². The van der Waals surface area contributed by atoms with Crippen molar-refractivity contribution in [3.63, 3.8) is 0 Å². The number of nitrogens with zero attached hydrogens (tertiary/aromatic N) is 1. The van der Waals surface area contributed by atoms with Crippen LogP contribution >= 0.6 is 0 Å². The van der Waals surface area contributed by atoms with Gasteiger partial charge in [0.1, 0.15) is 5.54 Å². The molecular formula is C17H19N3O3. The fourth-order valence-electron chi connectivity index (χ4n) is 3.17. The second kappa shape index (κ2) is 5.87. The van der Waals surface area contributed by atoms with Gasteiger partial charge in [-0.05, 0) is 43.5 Å². The van der Waals surface area contributed by atoms with E-state index in [0.717, 1.165) is 6.42 Å². The number of carbonyl (C=O) groups is 3. The Labute approximate surface area is 134 Å². The number of amides is 3. The first-order valence-corrected chi connectivity index (χ1v) is 7.70. The molecule has 6 nitrogen and oxygen atoms in total. The maximum absolute atomic E-state index is 12.9. The van der Waals surface area contributed by atoms with Gasteiger partial charge in [-0.3, -0.25) is 14.4 Å². The molecular weight excluding hydrogens is 294 g/mol. The predicted octanol–water partition coefficient (Wildman–Crippen LogP) is 1.31. The Hall–Kier alpha value is -2.63. The quantitative estimate of drug-likeness (QED) is 0.826. The van der Waals surface area contributed by atoms with Crippen LogP contribution in [-0.4, -0.2) is 41.2 Å². The zero-order valence-corrected chi connectivity index (χ0v) is 12.8. The molecule has 6 heteroatoms. The van der Waals surface area contributed by atoms with Gasteiger partial charge in [0, 0.05) is 24.3 Å². The zero-order valence-electron chi connectivity index (χ0n) is 12.8. The molecule has 3 rings (SSSR count). The average Bonchev–Trinajstić information content (AvgIpc) is 2.52. The minimum Gasteiger partial charge on any atom is -0.352 e. The Balaban J connectivity index is 1.85. The summed E-state index contributed by atoms with van der Waals surface area (Å²) in [7, 11) is 0. The molecule has 0 unspecified atom stereocenters. The van der Waals surface area contributed by atoms with Crippen LogP contribution in [0.15, 0.2) is 36.9 Å². The Morgan fingerprint density at radius 3 is 2.78 bits per heavy atom. The topological polar surface area (TPSA) is 78.5 Å². The predicted molar refractivity (Wildman–Crippen MR) is 85.9 cm³/mol. The van der Waals surface area contributed by atoms with Gasteiger partial charge in [-0.25, -0.2) is 0 Å². The zero-order chi connectivity index (χ0) is 16.4. The van der Waals surface area contributed by atoms with Gasteiger partial charge in [-0.15, -0.1) is 0 Å². The second-order valence-electron chi connectivity index (χ2n) is 5.87. The number of nitrogens with one attached hydrogen (secondary N) is 2. The number of benzene rings is 1. The number of anilines is 1. The maximum Gasteiger partial charge on any atom is 0.254 e. The molecule has 1 aliphatic heterocycles. The summed E-state index contributed by atoms with van der Waals surface area (Å²) in [5.74, 6) is -0.559. The summed E-state index contributed by atoms with van der Waals surface area (Å²) in [6, 6.07) is 6.75. The van der Waals surface area contributed by atoms with E-state index >= 15 is 0 Å². The molecule has 1 spiro atoms. The Morgan fingerprint density at radius 1 is 1.35 bits per heavy atom. The Morgan fingerprint density at radius 2 is 2.13 bits per heavy atom. The van der Waals surface area contributed by atoms with E-state index in [9.17, 15) is 14.4 Å². The molecule has 0 radical (unpaired) electrons.